The van der Waals surface area contributed by atoms with Gasteiger partial charge in [-0.1, -0.05) is 88.4 Å². The van der Waals surface area contributed by atoms with E-state index < -0.39 is 7.82 Å². The zero-order chi connectivity index (χ0) is 34.1. The fraction of sp³-hybridized carbons (Fsp3) is 0.316. The number of hydrogen-bond donors (Lipinski definition) is 1. The van der Waals surface area contributed by atoms with Gasteiger partial charge in [-0.3, -0.25) is 24.3 Å². The average molecular weight is 657 g/mol. The lowest BCUT2D eigenvalue weighted by Crippen LogP contribution is -2.23. The molecule has 0 unspecified atom stereocenters. The Morgan fingerprint density at radius 3 is 1.26 bits per heavy atom. The number of phosphoric ester groups is 1. The molecule has 4 rings (SSSR count). The number of benzene rings is 4. The number of ketones is 2. The topological polar surface area (TPSA) is 96.4 Å². The highest BCUT2D eigenvalue weighted by Crippen LogP contribution is 2.49. The molecule has 0 aromatic heterocycles. The largest absolute Gasteiger partial charge is 0.584 e. The molecule has 0 spiro atoms. The zero-order valence-electron chi connectivity index (χ0n) is 28.2. The SMILES string of the molecule is CCN(CC)Cc1cc(C(=O)c2ccccc2)cc(C)c1OP(=O)(O)Oc1c(C)cc(C(=O)c2ccccc2)cc1CN(CC)CC. The number of hydrogen-bond acceptors (Lipinski definition) is 7. The lowest BCUT2D eigenvalue weighted by atomic mass is 9.98. The Bertz CT molecular complexity index is 1610. The first-order valence-corrected chi connectivity index (χ1v) is 17.6. The third-order valence-electron chi connectivity index (χ3n) is 8.29. The highest BCUT2D eigenvalue weighted by Gasteiger charge is 2.31. The van der Waals surface area contributed by atoms with E-state index in [9.17, 15) is 19.0 Å². The first-order chi connectivity index (χ1) is 22.5. The van der Waals surface area contributed by atoms with E-state index in [2.05, 4.69) is 9.80 Å². The van der Waals surface area contributed by atoms with Crippen LogP contribution in [0.1, 0.15) is 81.8 Å². The summed E-state index contributed by atoms with van der Waals surface area (Å²) in [6.45, 7) is 15.4. The molecule has 0 bridgehead atoms. The van der Waals surface area contributed by atoms with Crippen LogP contribution >= 0.6 is 7.82 Å². The van der Waals surface area contributed by atoms with E-state index in [0.29, 0.717) is 57.6 Å². The average Bonchev–Trinajstić information content (AvgIpc) is 3.08. The van der Waals surface area contributed by atoms with E-state index in [1.54, 1.807) is 62.4 Å². The summed E-state index contributed by atoms with van der Waals surface area (Å²) in [4.78, 5) is 42.3. The second-order valence-electron chi connectivity index (χ2n) is 11.5. The summed E-state index contributed by atoms with van der Waals surface area (Å²) in [5, 5.41) is 0. The van der Waals surface area contributed by atoms with Crippen molar-refractivity contribution in [3.63, 3.8) is 0 Å². The Labute approximate surface area is 278 Å². The van der Waals surface area contributed by atoms with E-state index in [1.165, 1.54) is 0 Å². The molecule has 0 fully saturated rings. The van der Waals surface area contributed by atoms with Crippen molar-refractivity contribution in [1.82, 2.24) is 9.80 Å². The summed E-state index contributed by atoms with van der Waals surface area (Å²) in [5.74, 6) is 0.106. The van der Waals surface area contributed by atoms with Crippen molar-refractivity contribution < 1.29 is 28.1 Å². The molecular weight excluding hydrogens is 611 g/mol. The van der Waals surface area contributed by atoms with Gasteiger partial charge in [0, 0.05) is 46.5 Å². The molecule has 4 aromatic rings. The molecule has 0 amide bonds. The second-order valence-corrected chi connectivity index (χ2v) is 12.8. The smallest absolute Gasteiger partial charge is 0.395 e. The van der Waals surface area contributed by atoms with Crippen LogP contribution < -0.4 is 9.05 Å². The van der Waals surface area contributed by atoms with E-state index in [1.807, 2.05) is 64.1 Å². The van der Waals surface area contributed by atoms with Gasteiger partial charge in [0.25, 0.3) is 0 Å². The van der Waals surface area contributed by atoms with Crippen molar-refractivity contribution in [2.45, 2.75) is 54.6 Å². The molecule has 0 radical (unpaired) electrons. The van der Waals surface area contributed by atoms with Crippen LogP contribution in [0.3, 0.4) is 0 Å². The summed E-state index contributed by atoms with van der Waals surface area (Å²) >= 11 is 0. The molecule has 47 heavy (non-hydrogen) atoms. The van der Waals surface area contributed by atoms with Crippen LogP contribution in [0.5, 0.6) is 11.5 Å². The lowest BCUT2D eigenvalue weighted by molar-refractivity contribution is 0.103. The molecule has 248 valence electrons. The fourth-order valence-electron chi connectivity index (χ4n) is 5.59. The van der Waals surface area contributed by atoms with E-state index in [4.69, 9.17) is 9.05 Å². The molecule has 0 atom stereocenters. The third-order valence-corrected chi connectivity index (χ3v) is 9.12. The molecule has 0 aliphatic carbocycles. The summed E-state index contributed by atoms with van der Waals surface area (Å²) in [5.41, 5.74) is 4.32. The number of carbonyl (C=O) groups excluding carboxylic acids is 2. The Morgan fingerprint density at radius 1 is 0.596 bits per heavy atom. The molecule has 8 nitrogen and oxygen atoms in total. The minimum Gasteiger partial charge on any atom is -0.395 e. The maximum Gasteiger partial charge on any atom is 0.584 e. The predicted molar refractivity (Wildman–Crippen MR) is 186 cm³/mol. The van der Waals surface area contributed by atoms with Crippen LogP contribution in [-0.4, -0.2) is 52.4 Å². The molecule has 0 aliphatic rings. The monoisotopic (exact) mass is 656 g/mol. The van der Waals surface area contributed by atoms with Crippen LogP contribution in [0.4, 0.5) is 0 Å². The maximum absolute atomic E-state index is 13.8. The van der Waals surface area contributed by atoms with Gasteiger partial charge in [0.2, 0.25) is 0 Å². The standard InChI is InChI=1S/C38H45N2O6P/c1-7-39(8-2)25-33-23-31(35(41)29-17-13-11-14-18-29)21-27(5)37(33)45-47(43,44)46-38-28(6)22-32(24-34(38)26-40(9-3)10-4)36(42)30-19-15-12-16-20-30/h11-24H,7-10,25-26H2,1-6H3,(H,43,44). The van der Waals surface area contributed by atoms with Gasteiger partial charge in [-0.25, -0.2) is 4.57 Å². The number of nitrogens with zero attached hydrogens (tertiary/aromatic N) is 2. The Morgan fingerprint density at radius 2 is 0.936 bits per heavy atom. The second kappa shape index (κ2) is 16.2. The maximum atomic E-state index is 13.8. The summed E-state index contributed by atoms with van der Waals surface area (Å²) < 4.78 is 25.6. The number of rotatable bonds is 16. The quantitative estimate of drug-likeness (QED) is 0.0958. The molecular formula is C38H45N2O6P. The first-order valence-electron chi connectivity index (χ1n) is 16.1. The zero-order valence-corrected chi connectivity index (χ0v) is 29.1. The van der Waals surface area contributed by atoms with Gasteiger partial charge in [-0.15, -0.1) is 0 Å². The van der Waals surface area contributed by atoms with Crippen molar-refractivity contribution in [2.24, 2.45) is 0 Å². The Hall–Kier alpha value is -4.07. The van der Waals surface area contributed by atoms with Crippen molar-refractivity contribution in [1.29, 1.82) is 0 Å². The lowest BCUT2D eigenvalue weighted by Gasteiger charge is -2.25. The molecule has 4 aromatic carbocycles. The number of aryl methyl sites for hydroxylation is 2. The fourth-order valence-corrected chi connectivity index (χ4v) is 6.61. The van der Waals surface area contributed by atoms with E-state index in [0.717, 1.165) is 26.2 Å². The summed E-state index contributed by atoms with van der Waals surface area (Å²) in [6.07, 6.45) is 0. The van der Waals surface area contributed by atoms with Gasteiger partial charge in [-0.05, 0) is 75.4 Å². The highest BCUT2D eigenvalue weighted by molar-refractivity contribution is 7.48. The molecule has 0 saturated carbocycles. The van der Waals surface area contributed by atoms with Gasteiger partial charge in [-0.2, -0.15) is 0 Å². The third kappa shape index (κ3) is 9.05. The highest BCUT2D eigenvalue weighted by atomic mass is 31.2. The summed E-state index contributed by atoms with van der Waals surface area (Å²) in [7, 11) is -4.77. The Balaban J connectivity index is 1.73. The van der Waals surface area contributed by atoms with Crippen LogP contribution in [0, 0.1) is 13.8 Å². The normalized spacial score (nSPS) is 11.6. The minimum atomic E-state index is -4.77. The van der Waals surface area contributed by atoms with E-state index in [-0.39, 0.29) is 23.1 Å². The first kappa shape index (κ1) is 35.8. The van der Waals surface area contributed by atoms with Gasteiger partial charge >= 0.3 is 7.82 Å². The van der Waals surface area contributed by atoms with Crippen LogP contribution in [0.2, 0.25) is 0 Å². The van der Waals surface area contributed by atoms with Crippen molar-refractivity contribution in [2.75, 3.05) is 26.2 Å². The van der Waals surface area contributed by atoms with Crippen LogP contribution in [-0.2, 0) is 17.7 Å². The molecule has 0 saturated heterocycles. The van der Waals surface area contributed by atoms with E-state index >= 15 is 0 Å². The number of phosphoric acid groups is 1. The molecule has 0 aliphatic heterocycles. The van der Waals surface area contributed by atoms with Gasteiger partial charge in [0.15, 0.2) is 11.6 Å². The minimum absolute atomic E-state index is 0.147. The molecule has 9 heteroatoms. The molecule has 0 heterocycles. The molecule has 1 N–H and O–H groups in total. The van der Waals surface area contributed by atoms with Gasteiger partial charge in [0.1, 0.15) is 11.5 Å². The Kier molecular flexibility index (Phi) is 12.3. The predicted octanol–water partition coefficient (Wildman–Crippen LogP) is 8.01. The van der Waals surface area contributed by atoms with Crippen molar-refractivity contribution in [3.05, 3.63) is 129 Å². The van der Waals surface area contributed by atoms with Gasteiger partial charge < -0.3 is 9.05 Å². The van der Waals surface area contributed by atoms with Crippen molar-refractivity contribution >= 4 is 19.4 Å². The van der Waals surface area contributed by atoms with Crippen LogP contribution in [0.15, 0.2) is 84.9 Å². The van der Waals surface area contributed by atoms with Gasteiger partial charge in [0.05, 0.1) is 0 Å². The summed E-state index contributed by atoms with van der Waals surface area (Å²) in [6, 6.07) is 24.8. The van der Waals surface area contributed by atoms with Crippen molar-refractivity contribution in [3.8, 4) is 11.5 Å². The number of carbonyl (C=O) groups is 2. The van der Waals surface area contributed by atoms with Crippen LogP contribution in [0.25, 0.3) is 0 Å².